The summed E-state index contributed by atoms with van der Waals surface area (Å²) in [5, 5.41) is 0. The minimum absolute atomic E-state index is 0. The predicted molar refractivity (Wildman–Crippen MR) is 102 cm³/mol. The lowest BCUT2D eigenvalue weighted by atomic mass is 10.2. The first kappa shape index (κ1) is 23.0. The molecule has 1 fully saturated rings. The molecule has 24 heavy (non-hydrogen) atoms. The molecule has 0 atom stereocenters. The van der Waals surface area contributed by atoms with Crippen molar-refractivity contribution in [3.05, 3.63) is 29.8 Å². The monoisotopic (exact) mass is 377 g/mol. The Kier molecular flexibility index (Phi) is 11.8. The number of carbonyl (C=O) groups is 1. The lowest BCUT2D eigenvalue weighted by Crippen LogP contribution is -2.48. The van der Waals surface area contributed by atoms with E-state index in [1.165, 1.54) is 5.56 Å². The molecule has 1 aliphatic heterocycles. The van der Waals surface area contributed by atoms with Crippen LogP contribution < -0.4 is 10.5 Å². The molecule has 1 aliphatic rings. The zero-order valence-corrected chi connectivity index (χ0v) is 15.9. The molecule has 5 nitrogen and oxygen atoms in total. The van der Waals surface area contributed by atoms with E-state index < -0.39 is 0 Å². The molecule has 0 spiro atoms. The van der Waals surface area contributed by atoms with Gasteiger partial charge in [0.05, 0.1) is 6.61 Å². The molecule has 2 N–H and O–H groups in total. The van der Waals surface area contributed by atoms with E-state index in [2.05, 4.69) is 17.0 Å². The Bertz CT molecular complexity index is 463. The van der Waals surface area contributed by atoms with Crippen molar-refractivity contribution < 1.29 is 9.53 Å². The number of amides is 1. The Balaban J connectivity index is 0.00000264. The molecule has 1 saturated heterocycles. The van der Waals surface area contributed by atoms with Crippen LogP contribution in [-0.4, -0.2) is 55.0 Å². The van der Waals surface area contributed by atoms with E-state index in [-0.39, 0.29) is 30.7 Å². The van der Waals surface area contributed by atoms with Gasteiger partial charge < -0.3 is 15.4 Å². The molecule has 0 saturated carbocycles. The molecule has 0 aromatic heterocycles. The molecule has 7 heteroatoms. The van der Waals surface area contributed by atoms with E-state index >= 15 is 0 Å². The van der Waals surface area contributed by atoms with Crippen LogP contribution in [0.25, 0.3) is 0 Å². The maximum Gasteiger partial charge on any atom is 0.222 e. The molecule has 0 bridgehead atoms. The normalized spacial score (nSPS) is 14.5. The molecule has 1 heterocycles. The van der Waals surface area contributed by atoms with Gasteiger partial charge in [0.1, 0.15) is 5.75 Å². The van der Waals surface area contributed by atoms with E-state index in [0.717, 1.165) is 44.9 Å². The van der Waals surface area contributed by atoms with Crippen molar-refractivity contribution in [1.82, 2.24) is 9.80 Å². The number of piperazine rings is 1. The second-order valence-corrected chi connectivity index (χ2v) is 5.63. The summed E-state index contributed by atoms with van der Waals surface area (Å²) in [4.78, 5) is 16.3. The van der Waals surface area contributed by atoms with E-state index in [9.17, 15) is 4.79 Å². The summed E-state index contributed by atoms with van der Waals surface area (Å²) < 4.78 is 5.46. The second-order valence-electron chi connectivity index (χ2n) is 5.63. The highest BCUT2D eigenvalue weighted by Gasteiger charge is 2.20. The van der Waals surface area contributed by atoms with Gasteiger partial charge in [-0.1, -0.05) is 12.1 Å². The Morgan fingerprint density at radius 2 is 1.75 bits per heavy atom. The number of rotatable bonds is 7. The molecule has 0 radical (unpaired) electrons. The summed E-state index contributed by atoms with van der Waals surface area (Å²) in [5.41, 5.74) is 6.74. The van der Waals surface area contributed by atoms with Crippen LogP contribution in [-0.2, 0) is 11.3 Å². The summed E-state index contributed by atoms with van der Waals surface area (Å²) in [7, 11) is 0. The molecule has 1 amide bonds. The van der Waals surface area contributed by atoms with Crippen LogP contribution in [0.5, 0.6) is 5.75 Å². The SMILES string of the molecule is CCOc1ccc(CN2CCN(C(=O)CCCN)CC2)cc1.Cl.Cl. The van der Waals surface area contributed by atoms with Crippen molar-refractivity contribution in [2.75, 3.05) is 39.3 Å². The minimum Gasteiger partial charge on any atom is -0.494 e. The van der Waals surface area contributed by atoms with Crippen LogP contribution in [0, 0.1) is 0 Å². The van der Waals surface area contributed by atoms with Crippen molar-refractivity contribution in [3.8, 4) is 5.75 Å². The molecule has 2 rings (SSSR count). The van der Waals surface area contributed by atoms with Crippen LogP contribution in [0.2, 0.25) is 0 Å². The second kappa shape index (κ2) is 12.4. The highest BCUT2D eigenvalue weighted by atomic mass is 35.5. The van der Waals surface area contributed by atoms with Crippen LogP contribution in [0.4, 0.5) is 0 Å². The van der Waals surface area contributed by atoms with E-state index in [1.54, 1.807) is 0 Å². The van der Waals surface area contributed by atoms with E-state index in [0.29, 0.717) is 19.6 Å². The lowest BCUT2D eigenvalue weighted by Gasteiger charge is -2.34. The number of ether oxygens (including phenoxy) is 1. The summed E-state index contributed by atoms with van der Waals surface area (Å²) >= 11 is 0. The van der Waals surface area contributed by atoms with Gasteiger partial charge in [-0.2, -0.15) is 0 Å². The number of hydrogen-bond donors (Lipinski definition) is 1. The maximum absolute atomic E-state index is 12.0. The first-order chi connectivity index (χ1) is 10.7. The van der Waals surface area contributed by atoms with Crippen molar-refractivity contribution >= 4 is 30.7 Å². The molecular formula is C17H29Cl2N3O2. The zero-order valence-electron chi connectivity index (χ0n) is 14.3. The molecule has 0 unspecified atom stereocenters. The van der Waals surface area contributed by atoms with Gasteiger partial charge in [-0.05, 0) is 37.6 Å². The highest BCUT2D eigenvalue weighted by Crippen LogP contribution is 2.15. The Labute approximate surface area is 157 Å². The van der Waals surface area contributed by atoms with Gasteiger partial charge in [0.15, 0.2) is 0 Å². The third-order valence-electron chi connectivity index (χ3n) is 3.96. The largest absolute Gasteiger partial charge is 0.494 e. The van der Waals surface area contributed by atoms with Gasteiger partial charge in [-0.25, -0.2) is 0 Å². The fourth-order valence-electron chi connectivity index (χ4n) is 2.68. The van der Waals surface area contributed by atoms with Gasteiger partial charge in [0.2, 0.25) is 5.91 Å². The van der Waals surface area contributed by atoms with Crippen molar-refractivity contribution in [2.45, 2.75) is 26.3 Å². The average molecular weight is 378 g/mol. The summed E-state index contributed by atoms with van der Waals surface area (Å²) in [6, 6.07) is 8.27. The Hall–Kier alpha value is -1.01. The van der Waals surface area contributed by atoms with Crippen LogP contribution in [0.15, 0.2) is 24.3 Å². The topological polar surface area (TPSA) is 58.8 Å². The van der Waals surface area contributed by atoms with E-state index in [1.807, 2.05) is 24.0 Å². The molecule has 1 aromatic rings. The standard InChI is InChI=1S/C17H27N3O2.2ClH/c1-2-22-16-7-5-15(6-8-16)14-19-10-12-20(13-11-19)17(21)4-3-9-18;;/h5-8H,2-4,9-14,18H2,1H3;2*1H. The lowest BCUT2D eigenvalue weighted by molar-refractivity contribution is -0.133. The van der Waals surface area contributed by atoms with Crippen LogP contribution >= 0.6 is 24.8 Å². The number of benzene rings is 1. The van der Waals surface area contributed by atoms with Gasteiger partial charge >= 0.3 is 0 Å². The number of nitrogens with two attached hydrogens (primary N) is 1. The zero-order chi connectivity index (χ0) is 15.8. The average Bonchev–Trinajstić information content (AvgIpc) is 2.55. The highest BCUT2D eigenvalue weighted by molar-refractivity contribution is 5.85. The first-order valence-corrected chi connectivity index (χ1v) is 8.15. The molecule has 138 valence electrons. The number of halogens is 2. The number of hydrogen-bond acceptors (Lipinski definition) is 4. The predicted octanol–water partition coefficient (Wildman–Crippen LogP) is 2.31. The molecule has 1 aromatic carbocycles. The quantitative estimate of drug-likeness (QED) is 0.791. The van der Waals surface area contributed by atoms with Gasteiger partial charge in [-0.15, -0.1) is 24.8 Å². The third kappa shape index (κ3) is 7.26. The Morgan fingerprint density at radius 1 is 1.12 bits per heavy atom. The number of carbonyl (C=O) groups excluding carboxylic acids is 1. The summed E-state index contributed by atoms with van der Waals surface area (Å²) in [6.07, 6.45) is 1.36. The number of nitrogens with zero attached hydrogens (tertiary/aromatic N) is 2. The maximum atomic E-state index is 12.0. The van der Waals surface area contributed by atoms with Crippen molar-refractivity contribution in [2.24, 2.45) is 5.73 Å². The molecular weight excluding hydrogens is 349 g/mol. The van der Waals surface area contributed by atoms with Crippen molar-refractivity contribution in [1.29, 1.82) is 0 Å². The van der Waals surface area contributed by atoms with Gasteiger partial charge in [-0.3, -0.25) is 9.69 Å². The molecule has 0 aliphatic carbocycles. The van der Waals surface area contributed by atoms with Gasteiger partial charge in [0, 0.05) is 39.1 Å². The van der Waals surface area contributed by atoms with E-state index in [4.69, 9.17) is 10.5 Å². The minimum atomic E-state index is 0. The van der Waals surface area contributed by atoms with Gasteiger partial charge in [0.25, 0.3) is 0 Å². The third-order valence-corrected chi connectivity index (χ3v) is 3.96. The summed E-state index contributed by atoms with van der Waals surface area (Å²) in [5.74, 6) is 1.16. The first-order valence-electron chi connectivity index (χ1n) is 8.15. The van der Waals surface area contributed by atoms with Crippen molar-refractivity contribution in [3.63, 3.8) is 0 Å². The van der Waals surface area contributed by atoms with Crippen LogP contribution in [0.1, 0.15) is 25.3 Å². The summed E-state index contributed by atoms with van der Waals surface area (Å²) in [6.45, 7) is 7.70. The Morgan fingerprint density at radius 3 is 2.29 bits per heavy atom. The smallest absolute Gasteiger partial charge is 0.222 e. The fourth-order valence-corrected chi connectivity index (χ4v) is 2.68. The fraction of sp³-hybridized carbons (Fsp3) is 0.588. The van der Waals surface area contributed by atoms with Crippen LogP contribution in [0.3, 0.4) is 0 Å².